The van der Waals surface area contributed by atoms with E-state index in [1.165, 1.54) is 32.4 Å². The van der Waals surface area contributed by atoms with E-state index in [-0.39, 0.29) is 0 Å². The minimum atomic E-state index is 0.740. The van der Waals surface area contributed by atoms with E-state index < -0.39 is 0 Å². The lowest BCUT2D eigenvalue weighted by molar-refractivity contribution is 0.205. The standard InChI is InChI=1S/C20H24ClNO/c21-20-16-18(10-11-19(20)17-8-3-1-4-9-17)23-15-7-14-22-12-5-2-6-13-22/h1,3-4,8-11,16H,2,5-7,12-15H2. The van der Waals surface area contributed by atoms with Crippen LogP contribution in [0.3, 0.4) is 0 Å². The third-order valence-electron chi connectivity index (χ3n) is 4.36. The van der Waals surface area contributed by atoms with Gasteiger partial charge in [-0.25, -0.2) is 0 Å². The maximum atomic E-state index is 6.41. The number of halogens is 1. The fourth-order valence-corrected chi connectivity index (χ4v) is 3.38. The molecular formula is C20H24ClNO. The first-order chi connectivity index (χ1) is 11.3. The largest absolute Gasteiger partial charge is 0.493 e. The van der Waals surface area contributed by atoms with Gasteiger partial charge in [0.25, 0.3) is 0 Å². The third-order valence-corrected chi connectivity index (χ3v) is 4.67. The predicted molar refractivity (Wildman–Crippen MR) is 97.3 cm³/mol. The summed E-state index contributed by atoms with van der Waals surface area (Å²) in [4.78, 5) is 2.54. The van der Waals surface area contributed by atoms with E-state index in [0.717, 1.165) is 41.5 Å². The van der Waals surface area contributed by atoms with Gasteiger partial charge in [0.1, 0.15) is 5.75 Å². The Bertz CT molecular complexity index is 608. The molecule has 0 atom stereocenters. The zero-order valence-corrected chi connectivity index (χ0v) is 14.3. The Morgan fingerprint density at radius 3 is 2.48 bits per heavy atom. The summed E-state index contributed by atoms with van der Waals surface area (Å²) in [7, 11) is 0. The Balaban J connectivity index is 1.50. The summed E-state index contributed by atoms with van der Waals surface area (Å²) in [5.41, 5.74) is 2.18. The van der Waals surface area contributed by atoms with E-state index in [9.17, 15) is 0 Å². The Labute approximate surface area is 144 Å². The average Bonchev–Trinajstić information content (AvgIpc) is 2.60. The van der Waals surface area contributed by atoms with Gasteiger partial charge in [-0.1, -0.05) is 48.4 Å². The van der Waals surface area contributed by atoms with Crippen molar-refractivity contribution in [3.63, 3.8) is 0 Å². The van der Waals surface area contributed by atoms with E-state index in [1.54, 1.807) is 0 Å². The van der Waals surface area contributed by atoms with Crippen LogP contribution in [0.5, 0.6) is 5.75 Å². The number of likely N-dealkylation sites (tertiary alicyclic amines) is 1. The number of rotatable bonds is 6. The van der Waals surface area contributed by atoms with Crippen molar-refractivity contribution in [1.29, 1.82) is 0 Å². The van der Waals surface area contributed by atoms with Crippen LogP contribution in [0.4, 0.5) is 0 Å². The molecule has 1 fully saturated rings. The van der Waals surface area contributed by atoms with Crippen molar-refractivity contribution in [1.82, 2.24) is 4.90 Å². The normalized spacial score (nSPS) is 15.5. The Hall–Kier alpha value is -1.51. The zero-order valence-electron chi connectivity index (χ0n) is 13.5. The minimum absolute atomic E-state index is 0.740. The lowest BCUT2D eigenvalue weighted by Crippen LogP contribution is -2.31. The van der Waals surface area contributed by atoms with Crippen LogP contribution in [-0.4, -0.2) is 31.1 Å². The topological polar surface area (TPSA) is 12.5 Å². The summed E-state index contributed by atoms with van der Waals surface area (Å²) in [5, 5.41) is 0.740. The Morgan fingerprint density at radius 1 is 0.957 bits per heavy atom. The molecule has 2 nitrogen and oxygen atoms in total. The molecule has 0 radical (unpaired) electrons. The number of hydrogen-bond acceptors (Lipinski definition) is 2. The van der Waals surface area contributed by atoms with Crippen molar-refractivity contribution < 1.29 is 4.74 Å². The van der Waals surface area contributed by atoms with Gasteiger partial charge in [0.15, 0.2) is 0 Å². The van der Waals surface area contributed by atoms with Crippen molar-refractivity contribution >= 4 is 11.6 Å². The van der Waals surface area contributed by atoms with Crippen LogP contribution in [-0.2, 0) is 0 Å². The van der Waals surface area contributed by atoms with Crippen molar-refractivity contribution in [3.05, 3.63) is 53.6 Å². The molecule has 0 saturated carbocycles. The molecule has 2 aromatic carbocycles. The first kappa shape index (κ1) is 16.4. The number of benzene rings is 2. The molecule has 0 aromatic heterocycles. The molecule has 0 bridgehead atoms. The van der Waals surface area contributed by atoms with Crippen molar-refractivity contribution in [3.8, 4) is 16.9 Å². The Kier molecular flexibility index (Phi) is 5.95. The average molecular weight is 330 g/mol. The van der Waals surface area contributed by atoms with Gasteiger partial charge in [0.05, 0.1) is 11.6 Å². The van der Waals surface area contributed by atoms with Crippen LogP contribution < -0.4 is 4.74 Å². The van der Waals surface area contributed by atoms with Gasteiger partial charge >= 0.3 is 0 Å². The maximum absolute atomic E-state index is 6.41. The summed E-state index contributed by atoms with van der Waals surface area (Å²) in [6.07, 6.45) is 5.14. The highest BCUT2D eigenvalue weighted by atomic mass is 35.5. The van der Waals surface area contributed by atoms with Crippen LogP contribution in [0.25, 0.3) is 11.1 Å². The molecule has 2 aromatic rings. The second kappa shape index (κ2) is 8.37. The molecule has 0 aliphatic carbocycles. The molecule has 3 heteroatoms. The lowest BCUT2D eigenvalue weighted by atomic mass is 10.1. The van der Waals surface area contributed by atoms with Crippen LogP contribution >= 0.6 is 11.6 Å². The van der Waals surface area contributed by atoms with Gasteiger partial charge in [0.2, 0.25) is 0 Å². The van der Waals surface area contributed by atoms with Crippen molar-refractivity contribution in [2.45, 2.75) is 25.7 Å². The smallest absolute Gasteiger partial charge is 0.120 e. The van der Waals surface area contributed by atoms with E-state index in [1.807, 2.05) is 36.4 Å². The molecule has 0 spiro atoms. The predicted octanol–water partition coefficient (Wildman–Crippen LogP) is 5.26. The number of piperidine rings is 1. The van der Waals surface area contributed by atoms with Gasteiger partial charge in [-0.05, 0) is 56.1 Å². The van der Waals surface area contributed by atoms with Gasteiger partial charge < -0.3 is 9.64 Å². The molecule has 1 aliphatic rings. The fraction of sp³-hybridized carbons (Fsp3) is 0.400. The quantitative estimate of drug-likeness (QED) is 0.670. The van der Waals surface area contributed by atoms with Gasteiger partial charge in [-0.3, -0.25) is 0 Å². The van der Waals surface area contributed by atoms with E-state index >= 15 is 0 Å². The monoisotopic (exact) mass is 329 g/mol. The molecular weight excluding hydrogens is 306 g/mol. The zero-order chi connectivity index (χ0) is 15.9. The Morgan fingerprint density at radius 2 is 1.74 bits per heavy atom. The van der Waals surface area contributed by atoms with Gasteiger partial charge in [-0.2, -0.15) is 0 Å². The molecule has 0 unspecified atom stereocenters. The summed E-state index contributed by atoms with van der Waals surface area (Å²) >= 11 is 6.41. The van der Waals surface area contributed by atoms with Crippen LogP contribution in [0, 0.1) is 0 Å². The van der Waals surface area contributed by atoms with Crippen LogP contribution in [0.1, 0.15) is 25.7 Å². The lowest BCUT2D eigenvalue weighted by Gasteiger charge is -2.26. The highest BCUT2D eigenvalue weighted by Crippen LogP contribution is 2.31. The van der Waals surface area contributed by atoms with Crippen molar-refractivity contribution in [2.75, 3.05) is 26.2 Å². The summed E-state index contributed by atoms with van der Waals surface area (Å²) in [5.74, 6) is 0.855. The van der Waals surface area contributed by atoms with E-state index in [4.69, 9.17) is 16.3 Å². The molecule has 0 N–H and O–H groups in total. The minimum Gasteiger partial charge on any atom is -0.493 e. The SMILES string of the molecule is Clc1cc(OCCCN2CCCCC2)ccc1-c1ccccc1. The molecule has 1 saturated heterocycles. The number of nitrogens with zero attached hydrogens (tertiary/aromatic N) is 1. The second-order valence-electron chi connectivity index (χ2n) is 6.11. The van der Waals surface area contributed by atoms with Crippen molar-refractivity contribution in [2.24, 2.45) is 0 Å². The molecule has 1 aliphatic heterocycles. The second-order valence-corrected chi connectivity index (χ2v) is 6.52. The molecule has 0 amide bonds. The van der Waals surface area contributed by atoms with E-state index in [0.29, 0.717) is 0 Å². The molecule has 3 rings (SSSR count). The maximum Gasteiger partial charge on any atom is 0.120 e. The fourth-order valence-electron chi connectivity index (χ4n) is 3.10. The summed E-state index contributed by atoms with van der Waals surface area (Å²) in [6, 6.07) is 16.2. The number of ether oxygens (including phenoxy) is 1. The van der Waals surface area contributed by atoms with Crippen LogP contribution in [0.2, 0.25) is 5.02 Å². The number of hydrogen-bond donors (Lipinski definition) is 0. The first-order valence-corrected chi connectivity index (χ1v) is 8.91. The first-order valence-electron chi connectivity index (χ1n) is 8.53. The highest BCUT2D eigenvalue weighted by molar-refractivity contribution is 6.33. The summed E-state index contributed by atoms with van der Waals surface area (Å²) in [6.45, 7) is 4.38. The molecule has 23 heavy (non-hydrogen) atoms. The van der Waals surface area contributed by atoms with Gasteiger partial charge in [-0.15, -0.1) is 0 Å². The van der Waals surface area contributed by atoms with Gasteiger partial charge in [0, 0.05) is 12.1 Å². The third kappa shape index (κ3) is 4.73. The molecule has 1 heterocycles. The molecule has 122 valence electrons. The highest BCUT2D eigenvalue weighted by Gasteiger charge is 2.09. The van der Waals surface area contributed by atoms with Crippen LogP contribution in [0.15, 0.2) is 48.5 Å². The van der Waals surface area contributed by atoms with E-state index in [2.05, 4.69) is 17.0 Å². The summed E-state index contributed by atoms with van der Waals surface area (Å²) < 4.78 is 5.86.